The van der Waals surface area contributed by atoms with Crippen LogP contribution in [0.4, 0.5) is 10.5 Å². The highest BCUT2D eigenvalue weighted by atomic mass is 16.6. The van der Waals surface area contributed by atoms with Gasteiger partial charge >= 0.3 is 6.09 Å². The van der Waals surface area contributed by atoms with Crippen molar-refractivity contribution >= 4 is 17.7 Å². The van der Waals surface area contributed by atoms with Gasteiger partial charge < -0.3 is 15.0 Å². The van der Waals surface area contributed by atoms with Crippen LogP contribution in [0.25, 0.3) is 5.69 Å². The van der Waals surface area contributed by atoms with Gasteiger partial charge in [0.15, 0.2) is 0 Å². The molecular weight excluding hydrogens is 380 g/mol. The summed E-state index contributed by atoms with van der Waals surface area (Å²) in [6.45, 7) is 1.27. The SMILES string of the molecule is O=C(Nc1cnn(-c2ccccc2)c1)C1CCN(C(=O)OCc2ccccc2)CC1. The number of para-hydroxylation sites is 1. The van der Waals surface area contributed by atoms with Gasteiger partial charge in [0.25, 0.3) is 0 Å². The highest BCUT2D eigenvalue weighted by molar-refractivity contribution is 5.92. The summed E-state index contributed by atoms with van der Waals surface area (Å²) in [5.74, 6) is -0.178. The van der Waals surface area contributed by atoms with Crippen LogP contribution in [0.15, 0.2) is 73.1 Å². The van der Waals surface area contributed by atoms with Crippen molar-refractivity contribution in [1.29, 1.82) is 0 Å². The number of rotatable bonds is 5. The molecule has 0 aliphatic carbocycles. The van der Waals surface area contributed by atoms with Crippen LogP contribution in [0.2, 0.25) is 0 Å². The lowest BCUT2D eigenvalue weighted by molar-refractivity contribution is -0.121. The van der Waals surface area contributed by atoms with Crippen molar-refractivity contribution in [3.8, 4) is 5.69 Å². The molecule has 7 heteroatoms. The van der Waals surface area contributed by atoms with Crippen molar-refractivity contribution in [2.24, 2.45) is 5.92 Å². The number of amides is 2. The van der Waals surface area contributed by atoms with Crippen molar-refractivity contribution in [3.05, 3.63) is 78.6 Å². The number of likely N-dealkylation sites (tertiary alicyclic amines) is 1. The standard InChI is InChI=1S/C23H24N4O3/c28-22(25-20-15-24-27(16-20)21-9-5-2-6-10-21)19-11-13-26(14-12-19)23(29)30-17-18-7-3-1-4-8-18/h1-10,15-16,19H,11-14,17H2,(H,25,28). The number of nitrogens with zero attached hydrogens (tertiary/aromatic N) is 3. The minimum Gasteiger partial charge on any atom is -0.445 e. The van der Waals surface area contributed by atoms with Gasteiger partial charge in [-0.3, -0.25) is 4.79 Å². The maximum absolute atomic E-state index is 12.6. The first kappa shape index (κ1) is 19.7. The van der Waals surface area contributed by atoms with Crippen molar-refractivity contribution in [3.63, 3.8) is 0 Å². The molecule has 1 aliphatic rings. The molecule has 4 rings (SSSR count). The predicted octanol–water partition coefficient (Wildman–Crippen LogP) is 3.86. The zero-order valence-electron chi connectivity index (χ0n) is 16.6. The number of carbonyl (C=O) groups excluding carboxylic acids is 2. The quantitative estimate of drug-likeness (QED) is 0.701. The molecule has 1 saturated heterocycles. The maximum Gasteiger partial charge on any atom is 0.410 e. The van der Waals surface area contributed by atoms with E-state index in [0.717, 1.165) is 11.3 Å². The summed E-state index contributed by atoms with van der Waals surface area (Å²) in [4.78, 5) is 26.6. The Hall–Kier alpha value is -3.61. The van der Waals surface area contributed by atoms with Gasteiger partial charge in [-0.05, 0) is 30.5 Å². The molecule has 0 atom stereocenters. The molecule has 1 fully saturated rings. The normalized spacial score (nSPS) is 14.3. The maximum atomic E-state index is 12.6. The molecule has 2 amide bonds. The van der Waals surface area contributed by atoms with Crippen LogP contribution in [0.3, 0.4) is 0 Å². The van der Waals surface area contributed by atoms with Gasteiger partial charge in [-0.1, -0.05) is 48.5 Å². The van der Waals surface area contributed by atoms with Gasteiger partial charge in [-0.2, -0.15) is 5.10 Å². The number of hydrogen-bond donors (Lipinski definition) is 1. The highest BCUT2D eigenvalue weighted by Gasteiger charge is 2.28. The molecule has 1 aliphatic heterocycles. The fourth-order valence-corrected chi connectivity index (χ4v) is 3.49. The summed E-state index contributed by atoms with van der Waals surface area (Å²) in [6, 6.07) is 19.3. The molecule has 7 nitrogen and oxygen atoms in total. The highest BCUT2D eigenvalue weighted by Crippen LogP contribution is 2.21. The summed E-state index contributed by atoms with van der Waals surface area (Å²) in [5, 5.41) is 7.23. The van der Waals surface area contributed by atoms with Crippen molar-refractivity contribution in [2.45, 2.75) is 19.4 Å². The Kier molecular flexibility index (Phi) is 6.08. The van der Waals surface area contributed by atoms with E-state index in [0.29, 0.717) is 31.6 Å². The Morgan fingerprint density at radius 2 is 1.67 bits per heavy atom. The average molecular weight is 404 g/mol. The van der Waals surface area contributed by atoms with Crippen molar-refractivity contribution in [2.75, 3.05) is 18.4 Å². The van der Waals surface area contributed by atoms with Crippen LogP contribution in [-0.2, 0) is 16.1 Å². The van der Waals surface area contributed by atoms with Gasteiger partial charge in [0.2, 0.25) is 5.91 Å². The molecule has 0 radical (unpaired) electrons. The van der Waals surface area contributed by atoms with E-state index < -0.39 is 0 Å². The first-order valence-electron chi connectivity index (χ1n) is 10.1. The third kappa shape index (κ3) is 4.86. The molecule has 0 unspecified atom stereocenters. The topological polar surface area (TPSA) is 76.5 Å². The number of anilines is 1. The van der Waals surface area contributed by atoms with E-state index in [4.69, 9.17) is 4.74 Å². The Labute approximate surface area is 175 Å². The Morgan fingerprint density at radius 1 is 1.00 bits per heavy atom. The predicted molar refractivity (Wildman–Crippen MR) is 113 cm³/mol. The van der Waals surface area contributed by atoms with Crippen LogP contribution < -0.4 is 5.32 Å². The third-order valence-electron chi connectivity index (χ3n) is 5.20. The summed E-state index contributed by atoms with van der Waals surface area (Å²) in [7, 11) is 0. The molecule has 30 heavy (non-hydrogen) atoms. The third-order valence-corrected chi connectivity index (χ3v) is 5.20. The summed E-state index contributed by atoms with van der Waals surface area (Å²) in [6.07, 6.45) is 4.32. The fourth-order valence-electron chi connectivity index (χ4n) is 3.49. The van der Waals surface area contributed by atoms with E-state index in [9.17, 15) is 9.59 Å². The van der Waals surface area contributed by atoms with E-state index in [1.54, 1.807) is 22.0 Å². The second-order valence-electron chi connectivity index (χ2n) is 7.30. The van der Waals surface area contributed by atoms with Crippen LogP contribution in [0, 0.1) is 5.92 Å². The van der Waals surface area contributed by atoms with Gasteiger partial charge in [-0.25, -0.2) is 9.48 Å². The summed E-state index contributed by atoms with van der Waals surface area (Å²) in [5.41, 5.74) is 2.55. The Morgan fingerprint density at radius 3 is 2.37 bits per heavy atom. The number of hydrogen-bond acceptors (Lipinski definition) is 4. The monoisotopic (exact) mass is 404 g/mol. The lowest BCUT2D eigenvalue weighted by atomic mass is 9.96. The molecule has 0 spiro atoms. The number of benzene rings is 2. The molecule has 1 N–H and O–H groups in total. The van der Waals surface area contributed by atoms with Crippen LogP contribution in [0.1, 0.15) is 18.4 Å². The van der Waals surface area contributed by atoms with Crippen LogP contribution >= 0.6 is 0 Å². The minimum absolute atomic E-state index is 0.0417. The van der Waals surface area contributed by atoms with Gasteiger partial charge in [0, 0.05) is 19.0 Å². The molecule has 154 valence electrons. The molecule has 1 aromatic heterocycles. The van der Waals surface area contributed by atoms with E-state index >= 15 is 0 Å². The first-order chi connectivity index (χ1) is 14.7. The summed E-state index contributed by atoms with van der Waals surface area (Å²) >= 11 is 0. The molecule has 3 aromatic rings. The smallest absolute Gasteiger partial charge is 0.410 e. The molecule has 2 aromatic carbocycles. The van der Waals surface area contributed by atoms with Crippen LogP contribution in [-0.4, -0.2) is 39.8 Å². The molecule has 0 saturated carbocycles. The lowest BCUT2D eigenvalue weighted by Gasteiger charge is -2.30. The number of aromatic nitrogens is 2. The number of carbonyl (C=O) groups is 2. The number of piperidine rings is 1. The number of nitrogens with one attached hydrogen (secondary N) is 1. The Balaban J connectivity index is 1.24. The molecule has 2 heterocycles. The second kappa shape index (κ2) is 9.26. The zero-order valence-corrected chi connectivity index (χ0v) is 16.6. The molecular formula is C23H24N4O3. The second-order valence-corrected chi connectivity index (χ2v) is 7.30. The van der Waals surface area contributed by atoms with Gasteiger partial charge in [-0.15, -0.1) is 0 Å². The number of ether oxygens (including phenoxy) is 1. The van der Waals surface area contributed by atoms with E-state index in [2.05, 4.69) is 10.4 Å². The first-order valence-corrected chi connectivity index (χ1v) is 10.1. The lowest BCUT2D eigenvalue weighted by Crippen LogP contribution is -2.41. The summed E-state index contributed by atoms with van der Waals surface area (Å²) < 4.78 is 7.10. The van der Waals surface area contributed by atoms with Crippen molar-refractivity contribution in [1.82, 2.24) is 14.7 Å². The van der Waals surface area contributed by atoms with E-state index in [-0.39, 0.29) is 24.5 Å². The van der Waals surface area contributed by atoms with Gasteiger partial charge in [0.1, 0.15) is 6.61 Å². The molecule has 0 bridgehead atoms. The van der Waals surface area contributed by atoms with E-state index in [1.807, 2.05) is 60.7 Å². The van der Waals surface area contributed by atoms with Crippen molar-refractivity contribution < 1.29 is 14.3 Å². The zero-order chi connectivity index (χ0) is 20.8. The van der Waals surface area contributed by atoms with Gasteiger partial charge in [0.05, 0.1) is 23.8 Å². The fraction of sp³-hybridized carbons (Fsp3) is 0.261. The largest absolute Gasteiger partial charge is 0.445 e. The van der Waals surface area contributed by atoms with E-state index in [1.165, 1.54) is 0 Å². The van der Waals surface area contributed by atoms with Crippen LogP contribution in [0.5, 0.6) is 0 Å². The minimum atomic E-state index is -0.332. The average Bonchev–Trinajstić information content (AvgIpc) is 3.27. The Bertz CT molecular complexity index is 980.